The van der Waals surface area contributed by atoms with Gasteiger partial charge in [-0.3, -0.25) is 14.5 Å². The van der Waals surface area contributed by atoms with Crippen LogP contribution in [0, 0.1) is 6.92 Å². The first-order valence-electron chi connectivity index (χ1n) is 8.91. The standard InChI is InChI=1S/C20H25N3O2S/c1-15-3-5-17(6-4-15)13-23-12-11-22(10-9-20(23)25)14-18-7-8-19(26-18)21-16(2)24/h3-8H,9-14H2,1-2H3,(H,21,24). The Morgan fingerprint density at radius 3 is 2.58 bits per heavy atom. The molecule has 0 spiro atoms. The highest BCUT2D eigenvalue weighted by molar-refractivity contribution is 7.16. The molecule has 6 heteroatoms. The summed E-state index contributed by atoms with van der Waals surface area (Å²) in [6.45, 7) is 7.47. The predicted octanol–water partition coefficient (Wildman–Crippen LogP) is 3.25. The second-order valence-electron chi connectivity index (χ2n) is 6.77. The van der Waals surface area contributed by atoms with E-state index < -0.39 is 0 Å². The predicted molar refractivity (Wildman–Crippen MR) is 105 cm³/mol. The fraction of sp³-hybridized carbons (Fsp3) is 0.400. The summed E-state index contributed by atoms with van der Waals surface area (Å²) in [4.78, 5) is 29.1. The Balaban J connectivity index is 1.56. The van der Waals surface area contributed by atoms with E-state index in [2.05, 4.69) is 41.4 Å². The van der Waals surface area contributed by atoms with Crippen molar-refractivity contribution in [2.45, 2.75) is 33.4 Å². The minimum absolute atomic E-state index is 0.0504. The number of hydrogen-bond donors (Lipinski definition) is 1. The number of nitrogens with zero attached hydrogens (tertiary/aromatic N) is 2. The van der Waals surface area contributed by atoms with Gasteiger partial charge in [-0.25, -0.2) is 0 Å². The van der Waals surface area contributed by atoms with Gasteiger partial charge in [-0.05, 0) is 24.6 Å². The van der Waals surface area contributed by atoms with Crippen LogP contribution < -0.4 is 5.32 Å². The van der Waals surface area contributed by atoms with Crippen LogP contribution in [-0.2, 0) is 22.7 Å². The Kier molecular flexibility index (Phi) is 6.06. The van der Waals surface area contributed by atoms with Gasteiger partial charge < -0.3 is 10.2 Å². The van der Waals surface area contributed by atoms with Gasteiger partial charge in [-0.15, -0.1) is 11.3 Å². The molecule has 138 valence electrons. The van der Waals surface area contributed by atoms with Crippen molar-refractivity contribution in [2.75, 3.05) is 25.0 Å². The van der Waals surface area contributed by atoms with Crippen molar-refractivity contribution in [3.8, 4) is 0 Å². The lowest BCUT2D eigenvalue weighted by Crippen LogP contribution is -2.32. The molecule has 2 aromatic rings. The lowest BCUT2D eigenvalue weighted by molar-refractivity contribution is -0.131. The molecule has 2 amide bonds. The number of carbonyl (C=O) groups is 2. The van der Waals surface area contributed by atoms with Crippen LogP contribution in [0.15, 0.2) is 36.4 Å². The van der Waals surface area contributed by atoms with Crippen molar-refractivity contribution in [1.29, 1.82) is 0 Å². The molecule has 5 nitrogen and oxygen atoms in total. The summed E-state index contributed by atoms with van der Waals surface area (Å²) in [5, 5.41) is 3.69. The van der Waals surface area contributed by atoms with Gasteiger partial charge in [0.05, 0.1) is 5.00 Å². The average Bonchev–Trinajstić information content (AvgIpc) is 2.95. The first-order chi connectivity index (χ1) is 12.5. The molecular formula is C20H25N3O2S. The molecule has 0 aliphatic carbocycles. The van der Waals surface area contributed by atoms with Gasteiger partial charge in [-0.1, -0.05) is 29.8 Å². The van der Waals surface area contributed by atoms with Crippen LogP contribution in [0.2, 0.25) is 0 Å². The number of aryl methyl sites for hydroxylation is 1. The summed E-state index contributed by atoms with van der Waals surface area (Å²) >= 11 is 1.60. The highest BCUT2D eigenvalue weighted by Gasteiger charge is 2.21. The lowest BCUT2D eigenvalue weighted by Gasteiger charge is -2.22. The maximum atomic E-state index is 12.5. The first kappa shape index (κ1) is 18.6. The summed E-state index contributed by atoms with van der Waals surface area (Å²) in [5.74, 6) is 0.170. The van der Waals surface area contributed by atoms with E-state index in [-0.39, 0.29) is 11.8 Å². The number of benzene rings is 1. The number of carbonyl (C=O) groups excluding carboxylic acids is 2. The van der Waals surface area contributed by atoms with Crippen molar-refractivity contribution in [3.63, 3.8) is 0 Å². The van der Waals surface area contributed by atoms with Crippen LogP contribution in [0.25, 0.3) is 0 Å². The van der Waals surface area contributed by atoms with Gasteiger partial charge >= 0.3 is 0 Å². The molecule has 3 rings (SSSR count). The van der Waals surface area contributed by atoms with E-state index in [1.807, 2.05) is 17.0 Å². The zero-order chi connectivity index (χ0) is 18.5. The smallest absolute Gasteiger partial charge is 0.224 e. The molecule has 1 aliphatic heterocycles. The molecule has 2 heterocycles. The topological polar surface area (TPSA) is 52.7 Å². The number of nitrogens with one attached hydrogen (secondary N) is 1. The number of amides is 2. The molecule has 1 saturated heterocycles. The van der Waals surface area contributed by atoms with Crippen LogP contribution in [0.4, 0.5) is 5.00 Å². The minimum atomic E-state index is -0.0504. The number of anilines is 1. The largest absolute Gasteiger partial charge is 0.337 e. The fourth-order valence-electron chi connectivity index (χ4n) is 3.07. The third-order valence-electron chi connectivity index (χ3n) is 4.52. The van der Waals surface area contributed by atoms with Crippen LogP contribution in [0.1, 0.15) is 29.3 Å². The molecule has 0 bridgehead atoms. The zero-order valence-corrected chi connectivity index (χ0v) is 16.1. The molecule has 1 aliphatic rings. The molecular weight excluding hydrogens is 346 g/mol. The van der Waals surface area contributed by atoms with Crippen molar-refractivity contribution in [3.05, 3.63) is 52.4 Å². The molecule has 1 aromatic carbocycles. The highest BCUT2D eigenvalue weighted by Crippen LogP contribution is 2.24. The normalized spacial score (nSPS) is 15.8. The Hall–Kier alpha value is -2.18. The average molecular weight is 372 g/mol. The Morgan fingerprint density at radius 1 is 1.08 bits per heavy atom. The van der Waals surface area contributed by atoms with Crippen LogP contribution >= 0.6 is 11.3 Å². The van der Waals surface area contributed by atoms with E-state index >= 15 is 0 Å². The third-order valence-corrected chi connectivity index (χ3v) is 5.50. The van der Waals surface area contributed by atoms with Crippen molar-refractivity contribution in [1.82, 2.24) is 9.80 Å². The Bertz CT molecular complexity index is 770. The van der Waals surface area contributed by atoms with E-state index in [0.717, 1.165) is 31.2 Å². The zero-order valence-electron chi connectivity index (χ0n) is 15.3. The first-order valence-corrected chi connectivity index (χ1v) is 9.73. The molecule has 0 atom stereocenters. The summed E-state index contributed by atoms with van der Waals surface area (Å²) in [5.41, 5.74) is 2.41. The van der Waals surface area contributed by atoms with Crippen molar-refractivity contribution in [2.24, 2.45) is 0 Å². The summed E-state index contributed by atoms with van der Waals surface area (Å²) in [7, 11) is 0. The molecule has 1 fully saturated rings. The Morgan fingerprint density at radius 2 is 1.85 bits per heavy atom. The molecule has 1 aromatic heterocycles. The monoisotopic (exact) mass is 371 g/mol. The van der Waals surface area contributed by atoms with Gasteiger partial charge in [-0.2, -0.15) is 0 Å². The maximum absolute atomic E-state index is 12.5. The van der Waals surface area contributed by atoms with Crippen molar-refractivity contribution >= 4 is 28.2 Å². The van der Waals surface area contributed by atoms with Gasteiger partial charge in [0.1, 0.15) is 0 Å². The number of hydrogen-bond acceptors (Lipinski definition) is 4. The SMILES string of the molecule is CC(=O)Nc1ccc(CN2CCC(=O)N(Cc3ccc(C)cc3)CC2)s1. The van der Waals surface area contributed by atoms with Crippen molar-refractivity contribution < 1.29 is 9.59 Å². The van der Waals surface area contributed by atoms with Crippen LogP contribution in [-0.4, -0.2) is 41.2 Å². The minimum Gasteiger partial charge on any atom is -0.337 e. The van der Waals surface area contributed by atoms with E-state index in [4.69, 9.17) is 0 Å². The summed E-state index contributed by atoms with van der Waals surface area (Å²) in [6.07, 6.45) is 0.551. The third kappa shape index (κ3) is 5.16. The molecule has 26 heavy (non-hydrogen) atoms. The van der Waals surface area contributed by atoms with Crippen LogP contribution in [0.3, 0.4) is 0 Å². The summed E-state index contributed by atoms with van der Waals surface area (Å²) in [6, 6.07) is 12.4. The van der Waals surface area contributed by atoms with Gasteiger partial charge in [0.25, 0.3) is 0 Å². The second kappa shape index (κ2) is 8.47. The van der Waals surface area contributed by atoms with E-state index in [1.165, 1.54) is 22.9 Å². The summed E-state index contributed by atoms with van der Waals surface area (Å²) < 4.78 is 0. The van der Waals surface area contributed by atoms with Crippen LogP contribution in [0.5, 0.6) is 0 Å². The number of rotatable bonds is 5. The second-order valence-corrected chi connectivity index (χ2v) is 7.94. The van der Waals surface area contributed by atoms with Gasteiger partial charge in [0.2, 0.25) is 11.8 Å². The fourth-order valence-corrected chi connectivity index (χ4v) is 4.07. The molecule has 0 saturated carbocycles. The maximum Gasteiger partial charge on any atom is 0.224 e. The quantitative estimate of drug-likeness (QED) is 0.878. The van der Waals surface area contributed by atoms with Gasteiger partial charge in [0.15, 0.2) is 0 Å². The van der Waals surface area contributed by atoms with E-state index in [0.29, 0.717) is 13.0 Å². The molecule has 1 N–H and O–H groups in total. The molecule has 0 radical (unpaired) electrons. The van der Waals surface area contributed by atoms with Gasteiger partial charge in [0, 0.05) is 50.9 Å². The van der Waals surface area contributed by atoms with E-state index in [9.17, 15) is 9.59 Å². The number of thiophene rings is 1. The lowest BCUT2D eigenvalue weighted by atomic mass is 10.1. The van der Waals surface area contributed by atoms with E-state index in [1.54, 1.807) is 11.3 Å². The Labute approximate surface area is 158 Å². The molecule has 0 unspecified atom stereocenters. The highest BCUT2D eigenvalue weighted by atomic mass is 32.1.